The Hall–Kier alpha value is -2.23. The number of rotatable bonds is 4. The predicted octanol–water partition coefficient (Wildman–Crippen LogP) is 3.03. The van der Waals surface area contributed by atoms with Crippen LogP contribution in [-0.4, -0.2) is 7.11 Å². The van der Waals surface area contributed by atoms with Crippen molar-refractivity contribution in [2.45, 2.75) is 6.54 Å². The van der Waals surface area contributed by atoms with Crippen molar-refractivity contribution in [3.8, 4) is 5.75 Å². The van der Waals surface area contributed by atoms with Crippen LogP contribution in [0.1, 0.15) is 5.56 Å². The maximum atomic E-state index is 13.4. The second-order valence-corrected chi connectivity index (χ2v) is 3.90. The van der Waals surface area contributed by atoms with E-state index in [-0.39, 0.29) is 5.82 Å². The van der Waals surface area contributed by atoms with Crippen LogP contribution >= 0.6 is 0 Å². The lowest BCUT2D eigenvalue weighted by Gasteiger charge is -2.10. The molecule has 2 aromatic carbocycles. The number of hydrogen-bond donors (Lipinski definition) is 2. The first-order valence-electron chi connectivity index (χ1n) is 5.61. The summed E-state index contributed by atoms with van der Waals surface area (Å²) < 4.78 is 18.5. The minimum Gasteiger partial charge on any atom is -0.495 e. The normalized spacial score (nSPS) is 10.1. The molecule has 0 aliphatic rings. The average Bonchev–Trinajstić information content (AvgIpc) is 2.39. The minimum absolute atomic E-state index is 0.215. The molecule has 0 spiro atoms. The van der Waals surface area contributed by atoms with E-state index in [1.165, 1.54) is 6.07 Å². The molecule has 0 atom stereocenters. The monoisotopic (exact) mass is 246 g/mol. The van der Waals surface area contributed by atoms with Crippen LogP contribution < -0.4 is 15.8 Å². The molecule has 3 nitrogen and oxygen atoms in total. The van der Waals surface area contributed by atoms with E-state index in [4.69, 9.17) is 10.5 Å². The molecule has 0 aliphatic carbocycles. The summed E-state index contributed by atoms with van der Waals surface area (Å²) in [4.78, 5) is 0. The Morgan fingerprint density at radius 1 is 1.22 bits per heavy atom. The average molecular weight is 246 g/mol. The first kappa shape index (κ1) is 12.2. The van der Waals surface area contributed by atoms with Gasteiger partial charge in [-0.3, -0.25) is 0 Å². The van der Waals surface area contributed by atoms with Crippen molar-refractivity contribution in [3.63, 3.8) is 0 Å². The van der Waals surface area contributed by atoms with E-state index >= 15 is 0 Å². The second kappa shape index (κ2) is 5.40. The molecule has 0 radical (unpaired) electrons. The lowest BCUT2D eigenvalue weighted by atomic mass is 10.2. The highest BCUT2D eigenvalue weighted by molar-refractivity contribution is 5.61. The van der Waals surface area contributed by atoms with E-state index in [9.17, 15) is 4.39 Å². The van der Waals surface area contributed by atoms with E-state index in [2.05, 4.69) is 5.32 Å². The largest absolute Gasteiger partial charge is 0.495 e. The standard InChI is InChI=1S/C14H15FN2O/c1-18-14-8-11(6-7-13(14)16)17-9-10-4-2-3-5-12(10)15/h2-8,17H,9,16H2,1H3. The molecule has 2 aromatic rings. The molecule has 94 valence electrons. The molecule has 18 heavy (non-hydrogen) atoms. The number of nitrogens with one attached hydrogen (secondary N) is 1. The highest BCUT2D eigenvalue weighted by Crippen LogP contribution is 2.25. The van der Waals surface area contributed by atoms with E-state index in [0.29, 0.717) is 23.5 Å². The Morgan fingerprint density at radius 2 is 2.00 bits per heavy atom. The molecule has 0 amide bonds. The summed E-state index contributed by atoms with van der Waals surface area (Å²) in [6.07, 6.45) is 0. The lowest BCUT2D eigenvalue weighted by molar-refractivity contribution is 0.417. The number of anilines is 2. The van der Waals surface area contributed by atoms with Gasteiger partial charge in [-0.15, -0.1) is 0 Å². The summed E-state index contributed by atoms with van der Waals surface area (Å²) in [5.74, 6) is 0.390. The number of benzene rings is 2. The van der Waals surface area contributed by atoms with Gasteiger partial charge in [0.05, 0.1) is 12.8 Å². The van der Waals surface area contributed by atoms with Crippen LogP contribution in [0.15, 0.2) is 42.5 Å². The molecule has 0 saturated heterocycles. The fraction of sp³-hybridized carbons (Fsp3) is 0.143. The van der Waals surface area contributed by atoms with Gasteiger partial charge < -0.3 is 15.8 Å². The molecule has 2 rings (SSSR count). The molecule has 0 fully saturated rings. The summed E-state index contributed by atoms with van der Waals surface area (Å²) in [7, 11) is 1.56. The SMILES string of the molecule is COc1cc(NCc2ccccc2F)ccc1N. The highest BCUT2D eigenvalue weighted by Gasteiger charge is 2.03. The number of nitrogens with two attached hydrogens (primary N) is 1. The highest BCUT2D eigenvalue weighted by atomic mass is 19.1. The molecule has 0 bridgehead atoms. The van der Waals surface area contributed by atoms with E-state index in [1.54, 1.807) is 31.4 Å². The van der Waals surface area contributed by atoms with Gasteiger partial charge in [-0.25, -0.2) is 4.39 Å². The Labute approximate surface area is 105 Å². The number of halogens is 1. The van der Waals surface area contributed by atoms with Crippen molar-refractivity contribution in [2.24, 2.45) is 0 Å². The Bertz CT molecular complexity index is 543. The summed E-state index contributed by atoms with van der Waals surface area (Å²) in [5.41, 5.74) is 7.75. The lowest BCUT2D eigenvalue weighted by Crippen LogP contribution is -2.02. The molecule has 3 N–H and O–H groups in total. The first-order valence-corrected chi connectivity index (χ1v) is 5.61. The van der Waals surface area contributed by atoms with Crippen LogP contribution in [-0.2, 0) is 6.54 Å². The van der Waals surface area contributed by atoms with E-state index in [0.717, 1.165) is 5.69 Å². The smallest absolute Gasteiger partial charge is 0.143 e. The molecular weight excluding hydrogens is 231 g/mol. The van der Waals surface area contributed by atoms with Gasteiger partial charge in [0.25, 0.3) is 0 Å². The Kier molecular flexibility index (Phi) is 3.67. The third-order valence-electron chi connectivity index (χ3n) is 2.67. The predicted molar refractivity (Wildman–Crippen MR) is 71.1 cm³/mol. The van der Waals surface area contributed by atoms with Crippen LogP contribution in [0.4, 0.5) is 15.8 Å². The third kappa shape index (κ3) is 2.71. The van der Waals surface area contributed by atoms with Crippen LogP contribution in [0, 0.1) is 5.82 Å². The molecule has 0 aliphatic heterocycles. The number of hydrogen-bond acceptors (Lipinski definition) is 3. The Balaban J connectivity index is 2.09. The summed E-state index contributed by atoms with van der Waals surface area (Å²) in [5, 5.41) is 3.13. The van der Waals surface area contributed by atoms with Crippen LogP contribution in [0.2, 0.25) is 0 Å². The van der Waals surface area contributed by atoms with Gasteiger partial charge in [0.1, 0.15) is 11.6 Å². The fourth-order valence-corrected chi connectivity index (χ4v) is 1.66. The topological polar surface area (TPSA) is 47.3 Å². The van der Waals surface area contributed by atoms with Gasteiger partial charge in [-0.05, 0) is 18.2 Å². The van der Waals surface area contributed by atoms with Gasteiger partial charge in [0, 0.05) is 23.9 Å². The van der Waals surface area contributed by atoms with Gasteiger partial charge in [0.15, 0.2) is 0 Å². The minimum atomic E-state index is -0.215. The van der Waals surface area contributed by atoms with Gasteiger partial charge in [0.2, 0.25) is 0 Å². The molecule has 0 heterocycles. The van der Waals surface area contributed by atoms with Crippen molar-refractivity contribution >= 4 is 11.4 Å². The maximum Gasteiger partial charge on any atom is 0.143 e. The molecule has 0 saturated carbocycles. The summed E-state index contributed by atoms with van der Waals surface area (Å²) >= 11 is 0. The third-order valence-corrected chi connectivity index (χ3v) is 2.67. The number of nitrogen functional groups attached to an aromatic ring is 1. The van der Waals surface area contributed by atoms with E-state index < -0.39 is 0 Å². The summed E-state index contributed by atoms with van der Waals surface area (Å²) in [6.45, 7) is 0.416. The Morgan fingerprint density at radius 3 is 2.72 bits per heavy atom. The number of methoxy groups -OCH3 is 1. The fourth-order valence-electron chi connectivity index (χ4n) is 1.66. The number of ether oxygens (including phenoxy) is 1. The van der Waals surface area contributed by atoms with Crippen molar-refractivity contribution in [1.29, 1.82) is 0 Å². The van der Waals surface area contributed by atoms with Gasteiger partial charge >= 0.3 is 0 Å². The van der Waals surface area contributed by atoms with Crippen molar-refractivity contribution < 1.29 is 9.13 Å². The van der Waals surface area contributed by atoms with Crippen molar-refractivity contribution in [1.82, 2.24) is 0 Å². The van der Waals surface area contributed by atoms with Crippen LogP contribution in [0.3, 0.4) is 0 Å². The quantitative estimate of drug-likeness (QED) is 0.815. The van der Waals surface area contributed by atoms with Gasteiger partial charge in [-0.1, -0.05) is 18.2 Å². The van der Waals surface area contributed by atoms with E-state index in [1.807, 2.05) is 12.1 Å². The molecule has 4 heteroatoms. The molecular formula is C14H15FN2O. The zero-order valence-electron chi connectivity index (χ0n) is 10.1. The van der Waals surface area contributed by atoms with Crippen molar-refractivity contribution in [3.05, 3.63) is 53.8 Å². The maximum absolute atomic E-state index is 13.4. The summed E-state index contributed by atoms with van der Waals surface area (Å²) in [6, 6.07) is 12.0. The zero-order chi connectivity index (χ0) is 13.0. The zero-order valence-corrected chi connectivity index (χ0v) is 10.1. The first-order chi connectivity index (χ1) is 8.70. The second-order valence-electron chi connectivity index (χ2n) is 3.90. The van der Waals surface area contributed by atoms with Crippen LogP contribution in [0.5, 0.6) is 5.75 Å². The molecule has 0 unspecified atom stereocenters. The van der Waals surface area contributed by atoms with Crippen molar-refractivity contribution in [2.75, 3.05) is 18.2 Å². The van der Waals surface area contributed by atoms with Crippen LogP contribution in [0.25, 0.3) is 0 Å². The molecule has 0 aromatic heterocycles. The van der Waals surface area contributed by atoms with Gasteiger partial charge in [-0.2, -0.15) is 0 Å².